The van der Waals surface area contributed by atoms with Gasteiger partial charge in [0, 0.05) is 12.6 Å². The molecule has 1 atom stereocenters. The topological polar surface area (TPSA) is 58.6 Å². The van der Waals surface area contributed by atoms with E-state index in [0.717, 1.165) is 44.3 Å². The Bertz CT molecular complexity index is 522. The first kappa shape index (κ1) is 13.4. The first-order valence-corrected chi connectivity index (χ1v) is 7.09. The van der Waals surface area contributed by atoms with Gasteiger partial charge in [-0.1, -0.05) is 0 Å². The van der Waals surface area contributed by atoms with Crippen LogP contribution in [0.2, 0.25) is 0 Å². The molecular weight excluding hydrogens is 261 g/mol. The minimum Gasteiger partial charge on any atom is -0.489 e. The van der Waals surface area contributed by atoms with Gasteiger partial charge in [0.15, 0.2) is 0 Å². The zero-order valence-electron chi connectivity index (χ0n) is 11.2. The van der Waals surface area contributed by atoms with Crippen molar-refractivity contribution >= 4 is 5.97 Å². The molecule has 1 heterocycles. The molecule has 108 valence electrons. The SMILES string of the molecule is O=C(O)c1cc(C2CC2)c(O[C@@H]2CCCNC2)cc1F. The van der Waals surface area contributed by atoms with Gasteiger partial charge in [0.25, 0.3) is 0 Å². The molecule has 2 N–H and O–H groups in total. The molecule has 0 radical (unpaired) electrons. The van der Waals surface area contributed by atoms with Crippen LogP contribution in [-0.2, 0) is 0 Å². The lowest BCUT2D eigenvalue weighted by molar-refractivity contribution is 0.0691. The van der Waals surface area contributed by atoms with Crippen LogP contribution in [0.4, 0.5) is 4.39 Å². The first-order chi connectivity index (χ1) is 9.65. The Morgan fingerprint density at radius 1 is 1.35 bits per heavy atom. The Labute approximate surface area is 116 Å². The third-order valence-electron chi connectivity index (χ3n) is 3.89. The maximum atomic E-state index is 13.8. The fourth-order valence-corrected chi connectivity index (χ4v) is 2.65. The average molecular weight is 279 g/mol. The highest BCUT2D eigenvalue weighted by Gasteiger charge is 2.30. The number of nitrogens with one attached hydrogen (secondary N) is 1. The highest BCUT2D eigenvalue weighted by atomic mass is 19.1. The van der Waals surface area contributed by atoms with Gasteiger partial charge >= 0.3 is 5.97 Å². The number of aromatic carboxylic acids is 1. The van der Waals surface area contributed by atoms with Crippen molar-refractivity contribution in [2.24, 2.45) is 0 Å². The summed E-state index contributed by atoms with van der Waals surface area (Å²) in [6, 6.07) is 2.69. The summed E-state index contributed by atoms with van der Waals surface area (Å²) in [5.74, 6) is -1.11. The number of halogens is 1. The predicted molar refractivity (Wildman–Crippen MR) is 71.9 cm³/mol. The number of carboxylic acids is 1. The van der Waals surface area contributed by atoms with Gasteiger partial charge in [-0.3, -0.25) is 0 Å². The Morgan fingerprint density at radius 3 is 2.75 bits per heavy atom. The highest BCUT2D eigenvalue weighted by molar-refractivity contribution is 5.88. The van der Waals surface area contributed by atoms with E-state index in [1.54, 1.807) is 0 Å². The quantitative estimate of drug-likeness (QED) is 0.889. The molecule has 1 aromatic rings. The lowest BCUT2D eigenvalue weighted by Crippen LogP contribution is -2.37. The van der Waals surface area contributed by atoms with Gasteiger partial charge in [0.05, 0.1) is 5.56 Å². The van der Waals surface area contributed by atoms with Crippen molar-refractivity contribution < 1.29 is 19.0 Å². The van der Waals surface area contributed by atoms with Crippen molar-refractivity contribution in [1.82, 2.24) is 5.32 Å². The van der Waals surface area contributed by atoms with Gasteiger partial charge in [-0.25, -0.2) is 9.18 Å². The van der Waals surface area contributed by atoms with Gasteiger partial charge in [0.2, 0.25) is 0 Å². The van der Waals surface area contributed by atoms with E-state index in [4.69, 9.17) is 9.84 Å². The molecule has 4 nitrogen and oxygen atoms in total. The van der Waals surface area contributed by atoms with E-state index < -0.39 is 11.8 Å². The number of ether oxygens (including phenoxy) is 1. The molecule has 1 saturated heterocycles. The van der Waals surface area contributed by atoms with E-state index >= 15 is 0 Å². The monoisotopic (exact) mass is 279 g/mol. The summed E-state index contributed by atoms with van der Waals surface area (Å²) >= 11 is 0. The molecule has 2 aliphatic rings. The van der Waals surface area contributed by atoms with Crippen LogP contribution in [-0.4, -0.2) is 30.3 Å². The van der Waals surface area contributed by atoms with Crippen LogP contribution in [0, 0.1) is 5.82 Å². The minimum atomic E-state index is -1.23. The minimum absolute atomic E-state index is 0.0383. The molecule has 0 aromatic heterocycles. The Kier molecular flexibility index (Phi) is 3.61. The van der Waals surface area contributed by atoms with Crippen molar-refractivity contribution in [1.29, 1.82) is 0 Å². The zero-order chi connectivity index (χ0) is 14.1. The summed E-state index contributed by atoms with van der Waals surface area (Å²) in [4.78, 5) is 11.0. The van der Waals surface area contributed by atoms with Gasteiger partial charge in [0.1, 0.15) is 17.7 Å². The third kappa shape index (κ3) is 2.77. The summed E-state index contributed by atoms with van der Waals surface area (Å²) < 4.78 is 19.8. The smallest absolute Gasteiger partial charge is 0.338 e. The van der Waals surface area contributed by atoms with Crippen LogP contribution in [0.1, 0.15) is 47.5 Å². The molecule has 20 heavy (non-hydrogen) atoms. The Balaban J connectivity index is 1.88. The van der Waals surface area contributed by atoms with E-state index in [2.05, 4.69) is 5.32 Å². The molecule has 1 aliphatic heterocycles. The van der Waals surface area contributed by atoms with Crippen molar-refractivity contribution in [3.8, 4) is 5.75 Å². The predicted octanol–water partition coefficient (Wildman–Crippen LogP) is 2.53. The van der Waals surface area contributed by atoms with Crippen LogP contribution in [0.5, 0.6) is 5.75 Å². The summed E-state index contributed by atoms with van der Waals surface area (Å²) in [6.07, 6.45) is 4.06. The number of carboxylic acid groups (broad SMARTS) is 1. The van der Waals surface area contributed by atoms with Gasteiger partial charge in [-0.2, -0.15) is 0 Å². The number of hydrogen-bond donors (Lipinski definition) is 2. The molecule has 1 aliphatic carbocycles. The van der Waals surface area contributed by atoms with Crippen molar-refractivity contribution in [3.05, 3.63) is 29.1 Å². The number of carbonyl (C=O) groups is 1. The first-order valence-electron chi connectivity index (χ1n) is 7.09. The molecule has 2 fully saturated rings. The molecule has 1 aromatic carbocycles. The number of piperidine rings is 1. The standard InChI is InChI=1S/C15H18FNO3/c16-13-7-14(20-10-2-1-5-17-8-10)11(9-3-4-9)6-12(13)15(18)19/h6-7,9-10,17H,1-5,8H2,(H,18,19)/t10-/m1/s1. The van der Waals surface area contributed by atoms with E-state index in [9.17, 15) is 9.18 Å². The van der Waals surface area contributed by atoms with E-state index in [-0.39, 0.29) is 11.7 Å². The summed E-state index contributed by atoms with van der Waals surface area (Å²) in [5.41, 5.74) is 0.579. The van der Waals surface area contributed by atoms with Crippen LogP contribution >= 0.6 is 0 Å². The van der Waals surface area contributed by atoms with E-state index in [0.29, 0.717) is 11.7 Å². The molecular formula is C15H18FNO3. The molecule has 3 rings (SSSR count). The lowest BCUT2D eigenvalue weighted by Gasteiger charge is -2.25. The molecule has 0 spiro atoms. The maximum absolute atomic E-state index is 13.8. The van der Waals surface area contributed by atoms with Gasteiger partial charge < -0.3 is 15.2 Å². The van der Waals surface area contributed by atoms with E-state index in [1.807, 2.05) is 0 Å². The Hall–Kier alpha value is -1.62. The second-order valence-corrected chi connectivity index (χ2v) is 5.54. The lowest BCUT2D eigenvalue weighted by atomic mass is 10.0. The number of rotatable bonds is 4. The molecule has 0 bridgehead atoms. The van der Waals surface area contributed by atoms with Crippen LogP contribution in [0.15, 0.2) is 12.1 Å². The summed E-state index contributed by atoms with van der Waals surface area (Å²) in [5, 5.41) is 12.3. The van der Waals surface area contributed by atoms with Crippen LogP contribution in [0.3, 0.4) is 0 Å². The van der Waals surface area contributed by atoms with Crippen LogP contribution < -0.4 is 10.1 Å². The van der Waals surface area contributed by atoms with Crippen LogP contribution in [0.25, 0.3) is 0 Å². The molecule has 1 saturated carbocycles. The zero-order valence-corrected chi connectivity index (χ0v) is 11.2. The van der Waals surface area contributed by atoms with Crippen molar-refractivity contribution in [2.75, 3.05) is 13.1 Å². The average Bonchev–Trinajstić information content (AvgIpc) is 3.24. The van der Waals surface area contributed by atoms with Crippen molar-refractivity contribution in [3.63, 3.8) is 0 Å². The third-order valence-corrected chi connectivity index (χ3v) is 3.89. The largest absolute Gasteiger partial charge is 0.489 e. The second kappa shape index (κ2) is 5.40. The Morgan fingerprint density at radius 2 is 2.15 bits per heavy atom. The number of benzene rings is 1. The fraction of sp³-hybridized carbons (Fsp3) is 0.533. The van der Waals surface area contributed by atoms with Crippen molar-refractivity contribution in [2.45, 2.75) is 37.7 Å². The van der Waals surface area contributed by atoms with E-state index in [1.165, 1.54) is 12.1 Å². The maximum Gasteiger partial charge on any atom is 0.338 e. The normalized spacial score (nSPS) is 22.6. The fourth-order valence-electron chi connectivity index (χ4n) is 2.65. The molecule has 0 unspecified atom stereocenters. The summed E-state index contributed by atoms with van der Waals surface area (Å²) in [6.45, 7) is 1.74. The second-order valence-electron chi connectivity index (χ2n) is 5.54. The van der Waals surface area contributed by atoms with Gasteiger partial charge in [-0.05, 0) is 49.8 Å². The summed E-state index contributed by atoms with van der Waals surface area (Å²) in [7, 11) is 0. The molecule has 5 heteroatoms. The van der Waals surface area contributed by atoms with Gasteiger partial charge in [-0.15, -0.1) is 0 Å². The number of hydrogen-bond acceptors (Lipinski definition) is 3. The highest BCUT2D eigenvalue weighted by Crippen LogP contribution is 2.45. The molecule has 0 amide bonds.